The molecule has 0 aliphatic heterocycles. The van der Waals surface area contributed by atoms with Gasteiger partial charge in [0.15, 0.2) is 6.10 Å². The van der Waals surface area contributed by atoms with Crippen molar-refractivity contribution in [2.75, 3.05) is 13.2 Å². The zero-order valence-corrected chi connectivity index (χ0v) is 55.3. The maximum atomic E-state index is 12.9. The van der Waals surface area contributed by atoms with Gasteiger partial charge in [0.2, 0.25) is 0 Å². The van der Waals surface area contributed by atoms with E-state index >= 15 is 0 Å². The minimum absolute atomic E-state index is 0.0704. The van der Waals surface area contributed by atoms with E-state index in [1.165, 1.54) is 276 Å². The van der Waals surface area contributed by atoms with Gasteiger partial charge in [-0.25, -0.2) is 0 Å². The molecular weight excluding hydrogens is 1010 g/mol. The lowest BCUT2D eigenvalue weighted by Crippen LogP contribution is -2.30. The molecule has 0 saturated heterocycles. The van der Waals surface area contributed by atoms with Gasteiger partial charge in [-0.3, -0.25) is 14.4 Å². The molecule has 82 heavy (non-hydrogen) atoms. The highest BCUT2D eigenvalue weighted by Gasteiger charge is 2.19. The van der Waals surface area contributed by atoms with E-state index in [0.29, 0.717) is 19.3 Å². The van der Waals surface area contributed by atoms with Crippen LogP contribution in [-0.2, 0) is 28.6 Å². The van der Waals surface area contributed by atoms with Gasteiger partial charge in [0.1, 0.15) is 13.2 Å². The molecule has 0 spiro atoms. The van der Waals surface area contributed by atoms with Crippen molar-refractivity contribution in [3.8, 4) is 0 Å². The summed E-state index contributed by atoms with van der Waals surface area (Å²) in [5, 5.41) is 0. The molecule has 0 aromatic heterocycles. The quantitative estimate of drug-likeness (QED) is 0.0261. The Kier molecular flexibility index (Phi) is 68.6. The molecule has 0 heterocycles. The number of hydrogen-bond donors (Lipinski definition) is 0. The molecule has 480 valence electrons. The van der Waals surface area contributed by atoms with Gasteiger partial charge >= 0.3 is 17.9 Å². The monoisotopic (exact) mass is 1150 g/mol. The van der Waals surface area contributed by atoms with E-state index in [2.05, 4.69) is 69.4 Å². The first-order chi connectivity index (χ1) is 40.5. The van der Waals surface area contributed by atoms with Gasteiger partial charge in [-0.1, -0.05) is 371 Å². The van der Waals surface area contributed by atoms with Gasteiger partial charge in [0.25, 0.3) is 0 Å². The molecule has 6 heteroatoms. The predicted octanol–water partition coefficient (Wildman–Crippen LogP) is 25.3. The van der Waals surface area contributed by atoms with Crippen molar-refractivity contribution in [1.82, 2.24) is 0 Å². The summed E-state index contributed by atoms with van der Waals surface area (Å²) in [5.74, 6) is -0.862. The molecule has 1 atom stereocenters. The van der Waals surface area contributed by atoms with E-state index in [4.69, 9.17) is 14.2 Å². The summed E-state index contributed by atoms with van der Waals surface area (Å²) in [6.07, 6.45) is 90.7. The van der Waals surface area contributed by atoms with Crippen LogP contribution in [0.5, 0.6) is 0 Å². The zero-order valence-electron chi connectivity index (χ0n) is 55.3. The molecule has 1 unspecified atom stereocenters. The lowest BCUT2D eigenvalue weighted by atomic mass is 10.0. The van der Waals surface area contributed by atoms with Crippen LogP contribution in [0.15, 0.2) is 48.6 Å². The number of ether oxygens (including phenoxy) is 3. The average molecular weight is 1150 g/mol. The van der Waals surface area contributed by atoms with Crippen molar-refractivity contribution in [3.63, 3.8) is 0 Å². The van der Waals surface area contributed by atoms with Gasteiger partial charge < -0.3 is 14.2 Å². The summed E-state index contributed by atoms with van der Waals surface area (Å²) in [6.45, 7) is 6.53. The third-order valence-electron chi connectivity index (χ3n) is 16.6. The number of carbonyl (C=O) groups excluding carboxylic acids is 3. The first kappa shape index (κ1) is 79.4. The number of allylic oxidation sites excluding steroid dienone is 8. The second kappa shape index (κ2) is 70.9. The van der Waals surface area contributed by atoms with Crippen LogP contribution in [0.2, 0.25) is 0 Å². The highest BCUT2D eigenvalue weighted by Crippen LogP contribution is 2.19. The zero-order chi connectivity index (χ0) is 59.2. The fraction of sp³-hybridized carbons (Fsp3) is 0.855. The van der Waals surface area contributed by atoms with Gasteiger partial charge in [-0.05, 0) is 57.8 Å². The van der Waals surface area contributed by atoms with E-state index < -0.39 is 6.10 Å². The fourth-order valence-corrected chi connectivity index (χ4v) is 11.1. The van der Waals surface area contributed by atoms with Crippen molar-refractivity contribution >= 4 is 17.9 Å². The van der Waals surface area contributed by atoms with Gasteiger partial charge in [-0.2, -0.15) is 0 Å². The van der Waals surface area contributed by atoms with Crippen molar-refractivity contribution in [2.24, 2.45) is 0 Å². The summed E-state index contributed by atoms with van der Waals surface area (Å²) in [7, 11) is 0. The number of carbonyl (C=O) groups is 3. The number of unbranched alkanes of at least 4 members (excludes halogenated alkanes) is 49. The fourth-order valence-electron chi connectivity index (χ4n) is 11.1. The van der Waals surface area contributed by atoms with Crippen LogP contribution in [-0.4, -0.2) is 37.2 Å². The van der Waals surface area contributed by atoms with Crippen LogP contribution >= 0.6 is 0 Å². The molecule has 0 aliphatic carbocycles. The Morgan fingerprint density at radius 3 is 0.744 bits per heavy atom. The normalized spacial score (nSPS) is 12.3. The molecular formula is C76H140O6. The summed E-state index contributed by atoms with van der Waals surface area (Å²) < 4.78 is 16.9. The molecule has 0 N–H and O–H groups in total. The summed E-state index contributed by atoms with van der Waals surface area (Å²) in [4.78, 5) is 38.1. The molecule has 0 aliphatic rings. The number of hydrogen-bond acceptors (Lipinski definition) is 6. The SMILES string of the molecule is CC/C=C\C/C=C\C/C=C\C/C=C\CCCCCCCCCCCCC(=O)OC(COC(=O)CCCCCCCC)COC(=O)CCCCCCCCCCCCCCCCCCCCCCCCCCCCCCCCCCCCC. The lowest BCUT2D eigenvalue weighted by Gasteiger charge is -2.18. The van der Waals surface area contributed by atoms with Crippen LogP contribution < -0.4 is 0 Å². The molecule has 0 fully saturated rings. The van der Waals surface area contributed by atoms with Gasteiger partial charge in [0.05, 0.1) is 0 Å². The van der Waals surface area contributed by atoms with E-state index in [9.17, 15) is 14.4 Å². The second-order valence-corrected chi connectivity index (χ2v) is 24.8. The highest BCUT2D eigenvalue weighted by atomic mass is 16.6. The Balaban J connectivity index is 3.91. The maximum absolute atomic E-state index is 12.9. The molecule has 6 nitrogen and oxygen atoms in total. The van der Waals surface area contributed by atoms with E-state index in [1.807, 2.05) is 0 Å². The minimum atomic E-state index is -0.771. The van der Waals surface area contributed by atoms with Gasteiger partial charge in [0, 0.05) is 19.3 Å². The van der Waals surface area contributed by atoms with Crippen LogP contribution in [0.4, 0.5) is 0 Å². The first-order valence-corrected chi connectivity index (χ1v) is 36.6. The average Bonchev–Trinajstić information content (AvgIpc) is 3.47. The molecule has 0 radical (unpaired) electrons. The van der Waals surface area contributed by atoms with Crippen molar-refractivity contribution in [2.45, 2.75) is 406 Å². The van der Waals surface area contributed by atoms with Crippen LogP contribution in [0.3, 0.4) is 0 Å². The molecule has 0 rings (SSSR count). The molecule has 0 aromatic carbocycles. The molecule has 0 saturated carbocycles. The minimum Gasteiger partial charge on any atom is -0.462 e. The third kappa shape index (κ3) is 68.2. The largest absolute Gasteiger partial charge is 0.462 e. The topological polar surface area (TPSA) is 78.9 Å². The van der Waals surface area contributed by atoms with E-state index in [0.717, 1.165) is 83.5 Å². The molecule has 0 amide bonds. The standard InChI is InChI=1S/C76H140O6/c1-4-7-10-13-16-18-20-22-24-26-28-30-32-33-34-35-36-37-38-39-40-41-42-43-45-46-48-50-52-54-56-58-60-63-66-69-75(78)81-72-73(71-80-74(77)68-65-62-15-12-9-6-3)82-76(79)70-67-64-61-59-57-55-53-51-49-47-44-31-29-27-25-23-21-19-17-14-11-8-5-2/h8,11,17,19,23,25,29,31,73H,4-7,9-10,12-16,18,20-22,24,26-28,30,32-72H2,1-3H3/b11-8-,19-17-,25-23-,31-29-. The van der Waals surface area contributed by atoms with Crippen molar-refractivity contribution in [3.05, 3.63) is 48.6 Å². The Morgan fingerprint density at radius 2 is 0.476 bits per heavy atom. The summed E-state index contributed by atoms with van der Waals surface area (Å²) in [6, 6.07) is 0. The maximum Gasteiger partial charge on any atom is 0.306 e. The first-order valence-electron chi connectivity index (χ1n) is 36.6. The van der Waals surface area contributed by atoms with Crippen LogP contribution in [0, 0.1) is 0 Å². The third-order valence-corrected chi connectivity index (χ3v) is 16.6. The molecule has 0 bridgehead atoms. The second-order valence-electron chi connectivity index (χ2n) is 24.8. The van der Waals surface area contributed by atoms with Gasteiger partial charge in [-0.15, -0.1) is 0 Å². The van der Waals surface area contributed by atoms with Crippen molar-refractivity contribution < 1.29 is 28.6 Å². The Hall–Kier alpha value is -2.63. The summed E-state index contributed by atoms with van der Waals surface area (Å²) in [5.41, 5.74) is 0. The Morgan fingerprint density at radius 1 is 0.256 bits per heavy atom. The number of esters is 3. The predicted molar refractivity (Wildman–Crippen MR) is 358 cm³/mol. The Bertz CT molecular complexity index is 1410. The number of rotatable bonds is 68. The van der Waals surface area contributed by atoms with E-state index in [1.54, 1.807) is 0 Å². The molecule has 0 aromatic rings. The highest BCUT2D eigenvalue weighted by molar-refractivity contribution is 5.71. The van der Waals surface area contributed by atoms with Crippen LogP contribution in [0.1, 0.15) is 400 Å². The van der Waals surface area contributed by atoms with Crippen molar-refractivity contribution in [1.29, 1.82) is 0 Å². The van der Waals surface area contributed by atoms with E-state index in [-0.39, 0.29) is 31.1 Å². The Labute approximate surface area is 511 Å². The lowest BCUT2D eigenvalue weighted by molar-refractivity contribution is -0.167. The van der Waals surface area contributed by atoms with Crippen LogP contribution in [0.25, 0.3) is 0 Å². The smallest absolute Gasteiger partial charge is 0.306 e. The summed E-state index contributed by atoms with van der Waals surface area (Å²) >= 11 is 0.